The molecule has 2 aromatic rings. The van der Waals surface area contributed by atoms with Crippen molar-refractivity contribution < 1.29 is 23.0 Å². The third-order valence-corrected chi connectivity index (χ3v) is 11.1. The first-order valence-electron chi connectivity index (χ1n) is 12.7. The highest BCUT2D eigenvalue weighted by Gasteiger charge is 2.73. The molecule has 2 aliphatic heterocycles. The van der Waals surface area contributed by atoms with Gasteiger partial charge in [-0.25, -0.2) is 8.42 Å². The van der Waals surface area contributed by atoms with Gasteiger partial charge in [-0.1, -0.05) is 42.5 Å². The molecule has 0 radical (unpaired) electrons. The maximum Gasteiger partial charge on any atom is 0.218 e. The third-order valence-electron chi connectivity index (χ3n) is 9.21. The first-order chi connectivity index (χ1) is 17.3. The van der Waals surface area contributed by atoms with Crippen LogP contribution in [0.3, 0.4) is 0 Å². The van der Waals surface area contributed by atoms with Crippen molar-refractivity contribution in [1.82, 2.24) is 9.21 Å². The highest BCUT2D eigenvalue weighted by Crippen LogP contribution is 2.66. The van der Waals surface area contributed by atoms with Gasteiger partial charge < -0.3 is 14.6 Å². The van der Waals surface area contributed by atoms with Gasteiger partial charge in [-0.05, 0) is 49.4 Å². The molecule has 36 heavy (non-hydrogen) atoms. The first-order valence-corrected chi connectivity index (χ1v) is 14.3. The summed E-state index contributed by atoms with van der Waals surface area (Å²) in [6.45, 7) is 5.44. The molecule has 1 saturated heterocycles. The lowest BCUT2D eigenvalue weighted by molar-refractivity contribution is -0.193. The quantitative estimate of drug-likeness (QED) is 0.577. The number of piperidine rings is 1. The molecule has 0 aromatic heterocycles. The number of hydrogen-bond acceptors (Lipinski definition) is 6. The molecule has 5 atom stereocenters. The summed E-state index contributed by atoms with van der Waals surface area (Å²) in [5.74, 6) is 1.25. The summed E-state index contributed by atoms with van der Waals surface area (Å²) in [6, 6.07) is 12.8. The van der Waals surface area contributed by atoms with E-state index in [1.807, 2.05) is 42.5 Å². The molecule has 0 unspecified atom stereocenters. The maximum absolute atomic E-state index is 13.6. The minimum Gasteiger partial charge on any atom is -0.493 e. The molecule has 6 rings (SSSR count). The minimum absolute atomic E-state index is 0.0674. The predicted molar refractivity (Wildman–Crippen MR) is 138 cm³/mol. The van der Waals surface area contributed by atoms with E-state index in [-0.39, 0.29) is 11.8 Å². The second-order valence-electron chi connectivity index (χ2n) is 10.7. The van der Waals surface area contributed by atoms with Crippen molar-refractivity contribution in [1.29, 1.82) is 0 Å². The van der Waals surface area contributed by atoms with Crippen molar-refractivity contribution in [3.8, 4) is 11.5 Å². The number of methoxy groups -OCH3 is 1. The van der Waals surface area contributed by atoms with Gasteiger partial charge in [0.15, 0.2) is 11.5 Å². The molecule has 1 N–H and O–H groups in total. The Morgan fingerprint density at radius 1 is 1.25 bits per heavy atom. The Bertz CT molecular complexity index is 1300. The monoisotopic (exact) mass is 510 g/mol. The lowest BCUT2D eigenvalue weighted by Crippen LogP contribution is -2.78. The third kappa shape index (κ3) is 3.11. The van der Waals surface area contributed by atoms with Crippen LogP contribution < -0.4 is 9.47 Å². The number of aliphatic hydroxyl groups is 1. The zero-order chi connectivity index (χ0) is 25.3. The Balaban J connectivity index is 1.45. The van der Waals surface area contributed by atoms with Crippen LogP contribution in [0.2, 0.25) is 0 Å². The van der Waals surface area contributed by atoms with E-state index in [9.17, 15) is 13.5 Å². The van der Waals surface area contributed by atoms with Gasteiger partial charge in [-0.2, -0.15) is 4.31 Å². The van der Waals surface area contributed by atoms with Crippen molar-refractivity contribution in [3.63, 3.8) is 0 Å². The van der Waals surface area contributed by atoms with E-state index in [0.717, 1.165) is 29.7 Å². The van der Waals surface area contributed by atoms with E-state index >= 15 is 0 Å². The molecule has 7 nitrogen and oxygen atoms in total. The first kappa shape index (κ1) is 24.0. The summed E-state index contributed by atoms with van der Waals surface area (Å²) >= 11 is 0. The molecule has 8 heteroatoms. The smallest absolute Gasteiger partial charge is 0.218 e. The van der Waals surface area contributed by atoms with E-state index in [0.29, 0.717) is 37.3 Å². The fourth-order valence-corrected chi connectivity index (χ4v) is 9.05. The van der Waals surface area contributed by atoms with Crippen molar-refractivity contribution in [2.45, 2.75) is 60.6 Å². The van der Waals surface area contributed by atoms with Crippen molar-refractivity contribution >= 4 is 10.0 Å². The highest BCUT2D eigenvalue weighted by atomic mass is 32.2. The van der Waals surface area contributed by atoms with Crippen LogP contribution in [0.1, 0.15) is 36.0 Å². The number of likely N-dealkylation sites (N-methyl/N-ethyl adjacent to an activating group) is 1. The van der Waals surface area contributed by atoms with Crippen molar-refractivity contribution in [2.75, 3.05) is 27.2 Å². The molecule has 1 saturated carbocycles. The summed E-state index contributed by atoms with van der Waals surface area (Å²) < 4.78 is 41.1. The predicted octanol–water partition coefficient (Wildman–Crippen LogP) is 2.87. The van der Waals surface area contributed by atoms with E-state index in [1.165, 1.54) is 4.31 Å². The molecular formula is C28H34N2O5S. The number of hydrogen-bond donors (Lipinski definition) is 1. The number of rotatable bonds is 7. The zero-order valence-electron chi connectivity index (χ0n) is 20.9. The van der Waals surface area contributed by atoms with E-state index in [1.54, 1.807) is 14.2 Å². The summed E-state index contributed by atoms with van der Waals surface area (Å²) in [6.07, 6.45) is 3.85. The van der Waals surface area contributed by atoms with Gasteiger partial charge in [-0.3, -0.25) is 4.90 Å². The van der Waals surface area contributed by atoms with Gasteiger partial charge in [-0.15, -0.1) is 6.58 Å². The minimum atomic E-state index is -3.62. The topological polar surface area (TPSA) is 79.3 Å². The number of sulfonamides is 1. The van der Waals surface area contributed by atoms with Crippen LogP contribution >= 0.6 is 0 Å². The Hall–Kier alpha value is -2.39. The van der Waals surface area contributed by atoms with Crippen LogP contribution in [0.25, 0.3) is 0 Å². The molecule has 2 aliphatic carbocycles. The van der Waals surface area contributed by atoms with Gasteiger partial charge in [0.25, 0.3) is 0 Å². The molecule has 192 valence electrons. The molecule has 0 amide bonds. The average molecular weight is 511 g/mol. The molecule has 2 aromatic carbocycles. The van der Waals surface area contributed by atoms with Crippen LogP contribution in [-0.4, -0.2) is 73.8 Å². The van der Waals surface area contributed by atoms with Gasteiger partial charge in [0.1, 0.15) is 6.10 Å². The average Bonchev–Trinajstić information content (AvgIpc) is 3.21. The molecule has 2 heterocycles. The summed E-state index contributed by atoms with van der Waals surface area (Å²) in [4.78, 5) is 2.33. The summed E-state index contributed by atoms with van der Waals surface area (Å²) in [5.41, 5.74) is 1.23. The zero-order valence-corrected chi connectivity index (χ0v) is 21.7. The second-order valence-corrected chi connectivity index (χ2v) is 12.7. The van der Waals surface area contributed by atoms with E-state index < -0.39 is 33.2 Å². The fraction of sp³-hybridized carbons (Fsp3) is 0.500. The summed E-state index contributed by atoms with van der Waals surface area (Å²) in [7, 11) is -0.324. The van der Waals surface area contributed by atoms with Gasteiger partial charge >= 0.3 is 0 Å². The molecular weight excluding hydrogens is 476 g/mol. The fourth-order valence-electron chi connectivity index (χ4n) is 7.60. The number of ether oxygens (including phenoxy) is 2. The maximum atomic E-state index is 13.6. The Morgan fingerprint density at radius 2 is 2.03 bits per heavy atom. The number of nitrogens with zero attached hydrogens (tertiary/aromatic N) is 2. The Kier molecular flexibility index (Phi) is 5.54. The lowest BCUT2D eigenvalue weighted by atomic mass is 9.48. The summed E-state index contributed by atoms with van der Waals surface area (Å²) in [5, 5.41) is 12.5. The van der Waals surface area contributed by atoms with Crippen LogP contribution in [0, 0.1) is 0 Å². The van der Waals surface area contributed by atoms with Crippen molar-refractivity contribution in [2.24, 2.45) is 0 Å². The Morgan fingerprint density at radius 3 is 2.75 bits per heavy atom. The standard InChI is InChI=1S/C28H34N2O5S/c1-4-15-30-16-14-27-24-20-10-11-22(34-3)25(24)35-26(27)21(12-13-28(27,31)23(30)17-20)29(2)36(32,33)18-19-8-6-5-7-9-19/h4-11,21,23,26,31H,1,12-18H2,2-3H3/t21-,23+,26-,27-,28+/m0/s1. The number of benzene rings is 2. The van der Waals surface area contributed by atoms with Crippen molar-refractivity contribution in [3.05, 3.63) is 71.8 Å². The van der Waals surface area contributed by atoms with Crippen LogP contribution in [0.5, 0.6) is 11.5 Å². The normalized spacial score (nSPS) is 32.6. The molecule has 2 fully saturated rings. The van der Waals surface area contributed by atoms with Gasteiger partial charge in [0, 0.05) is 25.2 Å². The number of likely N-dealkylation sites (tertiary alicyclic amines) is 1. The van der Waals surface area contributed by atoms with E-state index in [2.05, 4.69) is 17.5 Å². The van der Waals surface area contributed by atoms with Crippen LogP contribution in [0.4, 0.5) is 0 Å². The molecule has 2 bridgehead atoms. The van der Waals surface area contributed by atoms with E-state index in [4.69, 9.17) is 9.47 Å². The van der Waals surface area contributed by atoms with Gasteiger partial charge in [0.05, 0.1) is 29.9 Å². The lowest BCUT2D eigenvalue weighted by Gasteiger charge is -2.64. The largest absolute Gasteiger partial charge is 0.493 e. The highest BCUT2D eigenvalue weighted by molar-refractivity contribution is 7.88. The van der Waals surface area contributed by atoms with Gasteiger partial charge in [0.2, 0.25) is 10.0 Å². The molecule has 1 spiro atoms. The van der Waals surface area contributed by atoms with Crippen LogP contribution in [0.15, 0.2) is 55.1 Å². The second kappa shape index (κ2) is 8.31. The Labute approximate surface area is 213 Å². The van der Waals surface area contributed by atoms with Crippen LogP contribution in [-0.2, 0) is 27.6 Å². The SMILES string of the molecule is C=CCN1CC[C@]23c4c5ccc(OC)c4O[C@H]2[C@@H](N(C)S(=O)(=O)Cc2ccccc2)CC[C@@]3(O)[C@H]1C5. The molecule has 4 aliphatic rings.